The highest BCUT2D eigenvalue weighted by molar-refractivity contribution is 8.00. The van der Waals surface area contributed by atoms with Gasteiger partial charge in [0.15, 0.2) is 0 Å². The maximum atomic E-state index is 12.1. The molecule has 6 heteroatoms. The van der Waals surface area contributed by atoms with Crippen molar-refractivity contribution in [1.29, 1.82) is 0 Å². The molecule has 1 fully saturated rings. The molecule has 112 valence electrons. The Morgan fingerprint density at radius 2 is 1.95 bits per heavy atom. The Morgan fingerprint density at radius 1 is 1.35 bits per heavy atom. The van der Waals surface area contributed by atoms with Crippen LogP contribution in [0.1, 0.15) is 13.3 Å². The minimum absolute atomic E-state index is 0.180. The van der Waals surface area contributed by atoms with E-state index in [1.54, 1.807) is 18.8 Å². The predicted molar refractivity (Wildman–Crippen MR) is 85.3 cm³/mol. The number of nitrogens with two attached hydrogens (primary N) is 1. The lowest BCUT2D eigenvalue weighted by molar-refractivity contribution is 0.446. The van der Waals surface area contributed by atoms with Gasteiger partial charge in [-0.1, -0.05) is 6.92 Å². The molecular weight excluding hydrogens is 292 g/mol. The molecule has 0 bridgehead atoms. The summed E-state index contributed by atoms with van der Waals surface area (Å²) in [6.45, 7) is 2.83. The SMILES string of the molecule is CC1CC1CN(C)S(=O)(=O)CCSc1ccc(N)cc1. The molecule has 0 radical (unpaired) electrons. The molecule has 0 spiro atoms. The lowest BCUT2D eigenvalue weighted by Crippen LogP contribution is -2.32. The van der Waals surface area contributed by atoms with Crippen LogP contribution >= 0.6 is 11.8 Å². The van der Waals surface area contributed by atoms with E-state index in [0.29, 0.717) is 24.1 Å². The number of nitrogen functional groups attached to an aromatic ring is 1. The topological polar surface area (TPSA) is 63.4 Å². The second-order valence-electron chi connectivity index (χ2n) is 5.49. The van der Waals surface area contributed by atoms with Crippen molar-refractivity contribution in [3.63, 3.8) is 0 Å². The van der Waals surface area contributed by atoms with Crippen molar-refractivity contribution in [3.8, 4) is 0 Å². The van der Waals surface area contributed by atoms with Crippen molar-refractivity contribution >= 4 is 27.5 Å². The monoisotopic (exact) mass is 314 g/mol. The van der Waals surface area contributed by atoms with Gasteiger partial charge in [-0.3, -0.25) is 0 Å². The van der Waals surface area contributed by atoms with Gasteiger partial charge in [0, 0.05) is 29.9 Å². The molecule has 2 atom stereocenters. The van der Waals surface area contributed by atoms with Crippen LogP contribution in [0.5, 0.6) is 0 Å². The molecule has 0 aromatic heterocycles. The number of hydrogen-bond acceptors (Lipinski definition) is 4. The van der Waals surface area contributed by atoms with Crippen molar-refractivity contribution in [2.45, 2.75) is 18.2 Å². The first kappa shape index (κ1) is 15.7. The van der Waals surface area contributed by atoms with Crippen molar-refractivity contribution in [2.75, 3.05) is 30.8 Å². The molecule has 1 aromatic rings. The standard InChI is InChI=1S/C14H22N2O2S2/c1-11-9-12(11)10-16(2)20(17,18)8-7-19-14-5-3-13(15)4-6-14/h3-6,11-12H,7-10,15H2,1-2H3. The summed E-state index contributed by atoms with van der Waals surface area (Å²) in [5, 5.41) is 0. The normalized spacial score (nSPS) is 22.1. The number of thioether (sulfide) groups is 1. The molecule has 0 heterocycles. The molecule has 1 saturated carbocycles. The highest BCUT2D eigenvalue weighted by Gasteiger charge is 2.35. The number of anilines is 1. The first-order chi connectivity index (χ1) is 9.38. The van der Waals surface area contributed by atoms with Crippen LogP contribution in [0.15, 0.2) is 29.2 Å². The molecule has 1 aliphatic carbocycles. The van der Waals surface area contributed by atoms with E-state index in [9.17, 15) is 8.42 Å². The quantitative estimate of drug-likeness (QED) is 0.619. The van der Waals surface area contributed by atoms with E-state index in [0.717, 1.165) is 17.0 Å². The smallest absolute Gasteiger partial charge is 0.214 e. The molecule has 0 saturated heterocycles. The van der Waals surface area contributed by atoms with Crippen molar-refractivity contribution in [3.05, 3.63) is 24.3 Å². The van der Waals surface area contributed by atoms with Crippen LogP contribution in [0, 0.1) is 11.8 Å². The molecule has 0 aliphatic heterocycles. The summed E-state index contributed by atoms with van der Waals surface area (Å²) >= 11 is 1.55. The molecule has 2 rings (SSSR count). The van der Waals surface area contributed by atoms with Crippen LogP contribution in [0.25, 0.3) is 0 Å². The minimum atomic E-state index is -3.13. The Balaban J connectivity index is 1.78. The number of benzene rings is 1. The third-order valence-corrected chi connectivity index (χ3v) is 6.82. The lowest BCUT2D eigenvalue weighted by Gasteiger charge is -2.16. The molecule has 1 aromatic carbocycles. The average Bonchev–Trinajstić information content (AvgIpc) is 3.07. The van der Waals surface area contributed by atoms with Gasteiger partial charge in [-0.05, 0) is 42.5 Å². The van der Waals surface area contributed by atoms with Gasteiger partial charge in [0.25, 0.3) is 0 Å². The lowest BCUT2D eigenvalue weighted by atomic mass is 10.3. The van der Waals surface area contributed by atoms with Crippen molar-refractivity contribution < 1.29 is 8.42 Å². The van der Waals surface area contributed by atoms with Gasteiger partial charge in [-0.25, -0.2) is 12.7 Å². The largest absolute Gasteiger partial charge is 0.399 e. The van der Waals surface area contributed by atoms with Crippen molar-refractivity contribution in [1.82, 2.24) is 4.31 Å². The maximum Gasteiger partial charge on any atom is 0.214 e. The van der Waals surface area contributed by atoms with E-state index in [-0.39, 0.29) is 5.75 Å². The summed E-state index contributed by atoms with van der Waals surface area (Å²) < 4.78 is 25.8. The van der Waals surface area contributed by atoms with Gasteiger partial charge in [0.05, 0.1) is 5.75 Å². The summed E-state index contributed by atoms with van der Waals surface area (Å²) in [6.07, 6.45) is 1.15. The van der Waals surface area contributed by atoms with Gasteiger partial charge in [-0.2, -0.15) is 0 Å². The predicted octanol–water partition coefficient (Wildman–Crippen LogP) is 2.28. The molecule has 2 unspecified atom stereocenters. The minimum Gasteiger partial charge on any atom is -0.399 e. The molecular formula is C14H22N2O2S2. The number of hydrogen-bond donors (Lipinski definition) is 1. The van der Waals surface area contributed by atoms with Gasteiger partial charge < -0.3 is 5.73 Å². The van der Waals surface area contributed by atoms with Crippen LogP contribution in [-0.4, -0.2) is 37.8 Å². The third-order valence-electron chi connectivity index (χ3n) is 3.73. The zero-order valence-corrected chi connectivity index (χ0v) is 13.6. The summed E-state index contributed by atoms with van der Waals surface area (Å²) in [6, 6.07) is 7.50. The highest BCUT2D eigenvalue weighted by Crippen LogP contribution is 2.38. The zero-order chi connectivity index (χ0) is 14.8. The number of sulfonamides is 1. The Hall–Kier alpha value is -0.720. The fourth-order valence-electron chi connectivity index (χ4n) is 2.08. The van der Waals surface area contributed by atoms with E-state index < -0.39 is 10.0 Å². The second kappa shape index (κ2) is 6.37. The average molecular weight is 314 g/mol. The van der Waals surface area contributed by atoms with E-state index >= 15 is 0 Å². The van der Waals surface area contributed by atoms with Gasteiger partial charge in [0.2, 0.25) is 10.0 Å². The van der Waals surface area contributed by atoms with E-state index in [2.05, 4.69) is 6.92 Å². The number of nitrogens with zero attached hydrogens (tertiary/aromatic N) is 1. The van der Waals surface area contributed by atoms with Gasteiger partial charge in [0.1, 0.15) is 0 Å². The summed E-state index contributed by atoms with van der Waals surface area (Å²) in [5.74, 6) is 1.98. The van der Waals surface area contributed by atoms with Gasteiger partial charge >= 0.3 is 0 Å². The highest BCUT2D eigenvalue weighted by atomic mass is 32.2. The first-order valence-electron chi connectivity index (χ1n) is 6.81. The van der Waals surface area contributed by atoms with E-state index in [4.69, 9.17) is 5.73 Å². The second-order valence-corrected chi connectivity index (χ2v) is 8.85. The first-order valence-corrected chi connectivity index (χ1v) is 9.40. The van der Waals surface area contributed by atoms with Crippen LogP contribution in [0.3, 0.4) is 0 Å². The van der Waals surface area contributed by atoms with Gasteiger partial charge in [-0.15, -0.1) is 11.8 Å². The summed E-state index contributed by atoms with van der Waals surface area (Å²) in [5.41, 5.74) is 6.34. The number of rotatable bonds is 7. The van der Waals surface area contributed by atoms with E-state index in [1.807, 2.05) is 24.3 Å². The van der Waals surface area contributed by atoms with Crippen LogP contribution in [0.4, 0.5) is 5.69 Å². The molecule has 2 N–H and O–H groups in total. The molecule has 1 aliphatic rings. The molecule has 20 heavy (non-hydrogen) atoms. The Bertz CT molecular complexity index is 543. The maximum absolute atomic E-state index is 12.1. The Kier molecular flexibility index (Phi) is 4.99. The zero-order valence-electron chi connectivity index (χ0n) is 12.0. The fraction of sp³-hybridized carbons (Fsp3) is 0.571. The molecule has 0 amide bonds. The Labute approximate surface area is 125 Å². The summed E-state index contributed by atoms with van der Waals surface area (Å²) in [4.78, 5) is 1.05. The van der Waals surface area contributed by atoms with Crippen molar-refractivity contribution in [2.24, 2.45) is 11.8 Å². The van der Waals surface area contributed by atoms with Crippen LogP contribution < -0.4 is 5.73 Å². The third kappa shape index (κ3) is 4.40. The van der Waals surface area contributed by atoms with Crippen LogP contribution in [0.2, 0.25) is 0 Å². The van der Waals surface area contributed by atoms with E-state index in [1.165, 1.54) is 4.31 Å². The molecule has 4 nitrogen and oxygen atoms in total. The fourth-order valence-corrected chi connectivity index (χ4v) is 4.55. The Morgan fingerprint density at radius 3 is 2.50 bits per heavy atom. The summed E-state index contributed by atoms with van der Waals surface area (Å²) in [7, 11) is -1.44. The van der Waals surface area contributed by atoms with Crippen LogP contribution in [-0.2, 0) is 10.0 Å².